The maximum atomic E-state index is 5.62. The average molecular weight is 307 g/mol. The molecular formula is C20H31Cl. The summed E-state index contributed by atoms with van der Waals surface area (Å²) in [6.07, 6.45) is 31.0. The Bertz CT molecular complexity index is 332. The van der Waals surface area contributed by atoms with Crippen molar-refractivity contribution in [3.05, 3.63) is 60.8 Å². The molecule has 0 aliphatic heterocycles. The molecule has 0 N–H and O–H groups in total. The van der Waals surface area contributed by atoms with Crippen molar-refractivity contribution in [2.24, 2.45) is 0 Å². The van der Waals surface area contributed by atoms with Gasteiger partial charge in [0.1, 0.15) is 0 Å². The van der Waals surface area contributed by atoms with Gasteiger partial charge in [0.25, 0.3) is 0 Å². The highest BCUT2D eigenvalue weighted by atomic mass is 35.5. The normalized spacial score (nSPS) is 13.0. The van der Waals surface area contributed by atoms with Crippen LogP contribution in [0.2, 0.25) is 0 Å². The lowest BCUT2D eigenvalue weighted by Gasteiger charge is -1.89. The van der Waals surface area contributed by atoms with Crippen LogP contribution in [0, 0.1) is 0 Å². The highest BCUT2D eigenvalue weighted by Crippen LogP contribution is 2.00. The summed E-state index contributed by atoms with van der Waals surface area (Å²) in [5.74, 6) is 0.782. The number of halogens is 1. The third-order valence-electron chi connectivity index (χ3n) is 2.91. The Morgan fingerprint density at radius 1 is 0.571 bits per heavy atom. The van der Waals surface area contributed by atoms with E-state index >= 15 is 0 Å². The first kappa shape index (κ1) is 20.0. The van der Waals surface area contributed by atoms with Gasteiger partial charge in [-0.15, -0.1) is 11.6 Å². The fourth-order valence-corrected chi connectivity index (χ4v) is 1.91. The lowest BCUT2D eigenvalue weighted by molar-refractivity contribution is 0.818. The molecule has 21 heavy (non-hydrogen) atoms. The van der Waals surface area contributed by atoms with Crippen molar-refractivity contribution in [3.8, 4) is 0 Å². The van der Waals surface area contributed by atoms with Crippen molar-refractivity contribution in [1.29, 1.82) is 0 Å². The van der Waals surface area contributed by atoms with E-state index in [0.29, 0.717) is 0 Å². The van der Waals surface area contributed by atoms with Crippen LogP contribution in [0.15, 0.2) is 60.8 Å². The van der Waals surface area contributed by atoms with Crippen LogP contribution in [0.25, 0.3) is 0 Å². The van der Waals surface area contributed by atoms with Crippen LogP contribution in [-0.2, 0) is 0 Å². The van der Waals surface area contributed by atoms with Crippen LogP contribution in [-0.4, -0.2) is 5.88 Å². The van der Waals surface area contributed by atoms with Gasteiger partial charge in [-0.1, -0.05) is 67.7 Å². The Hall–Kier alpha value is -1.01. The lowest BCUT2D eigenvalue weighted by atomic mass is 10.2. The van der Waals surface area contributed by atoms with E-state index in [-0.39, 0.29) is 0 Å². The zero-order valence-electron chi connectivity index (χ0n) is 13.5. The molecule has 0 amide bonds. The predicted octanol–water partition coefficient (Wildman–Crippen LogP) is 7.15. The smallest absolute Gasteiger partial charge is 0.0223 e. The third kappa shape index (κ3) is 19.0. The second kappa shape index (κ2) is 19.0. The van der Waals surface area contributed by atoms with Crippen LogP contribution in [0.4, 0.5) is 0 Å². The molecule has 0 saturated carbocycles. The van der Waals surface area contributed by atoms with E-state index in [2.05, 4.69) is 67.7 Å². The molecule has 0 nitrogen and oxygen atoms in total. The quantitative estimate of drug-likeness (QED) is 0.192. The van der Waals surface area contributed by atoms with Gasteiger partial charge in [-0.2, -0.15) is 0 Å². The van der Waals surface area contributed by atoms with Crippen molar-refractivity contribution in [2.75, 3.05) is 5.88 Å². The third-order valence-corrected chi connectivity index (χ3v) is 3.18. The van der Waals surface area contributed by atoms with Crippen LogP contribution in [0.1, 0.15) is 58.3 Å². The second-order valence-corrected chi connectivity index (χ2v) is 5.27. The average Bonchev–Trinajstić information content (AvgIpc) is 2.50. The highest BCUT2D eigenvalue weighted by molar-refractivity contribution is 6.17. The molecule has 0 atom stereocenters. The number of hydrogen-bond acceptors (Lipinski definition) is 0. The molecule has 0 unspecified atom stereocenters. The number of alkyl halides is 1. The topological polar surface area (TPSA) is 0 Å². The van der Waals surface area contributed by atoms with E-state index < -0.39 is 0 Å². The van der Waals surface area contributed by atoms with E-state index in [0.717, 1.165) is 50.8 Å². The SMILES string of the molecule is CCC=CCC=CCC=CCC=CCC=CCCCCCl. The van der Waals surface area contributed by atoms with Gasteiger partial charge < -0.3 is 0 Å². The Labute approximate surface area is 137 Å². The molecule has 0 aliphatic rings. The molecule has 0 heterocycles. The van der Waals surface area contributed by atoms with Crippen LogP contribution in [0.3, 0.4) is 0 Å². The van der Waals surface area contributed by atoms with Gasteiger partial charge >= 0.3 is 0 Å². The van der Waals surface area contributed by atoms with E-state index in [9.17, 15) is 0 Å². The van der Waals surface area contributed by atoms with Gasteiger partial charge in [-0.05, 0) is 51.4 Å². The lowest BCUT2D eigenvalue weighted by Crippen LogP contribution is -1.73. The zero-order chi connectivity index (χ0) is 15.4. The molecule has 0 radical (unpaired) electrons. The summed E-state index contributed by atoms with van der Waals surface area (Å²) >= 11 is 5.62. The molecule has 0 aromatic heterocycles. The van der Waals surface area contributed by atoms with E-state index in [1.54, 1.807) is 0 Å². The molecule has 1 heteroatoms. The summed E-state index contributed by atoms with van der Waals surface area (Å²) in [7, 11) is 0. The summed E-state index contributed by atoms with van der Waals surface area (Å²) < 4.78 is 0. The summed E-state index contributed by atoms with van der Waals surface area (Å²) in [5, 5.41) is 0. The Morgan fingerprint density at radius 2 is 1.00 bits per heavy atom. The first-order chi connectivity index (χ1) is 10.4. The zero-order valence-corrected chi connectivity index (χ0v) is 14.3. The van der Waals surface area contributed by atoms with Gasteiger partial charge in [0.05, 0.1) is 0 Å². The molecule has 118 valence electrons. The summed E-state index contributed by atoms with van der Waals surface area (Å²) in [4.78, 5) is 0. The first-order valence-electron chi connectivity index (χ1n) is 8.22. The highest BCUT2D eigenvalue weighted by Gasteiger charge is 1.81. The maximum Gasteiger partial charge on any atom is 0.0223 e. The van der Waals surface area contributed by atoms with Crippen molar-refractivity contribution in [3.63, 3.8) is 0 Å². The van der Waals surface area contributed by atoms with Crippen LogP contribution < -0.4 is 0 Å². The maximum absolute atomic E-state index is 5.62. The van der Waals surface area contributed by atoms with Crippen LogP contribution >= 0.6 is 11.6 Å². The van der Waals surface area contributed by atoms with E-state index in [1.807, 2.05) is 0 Å². The summed E-state index contributed by atoms with van der Waals surface area (Å²) in [6, 6.07) is 0. The fraction of sp³-hybridized carbons (Fsp3) is 0.500. The fourth-order valence-electron chi connectivity index (χ4n) is 1.73. The van der Waals surface area contributed by atoms with E-state index in [4.69, 9.17) is 11.6 Å². The molecule has 0 aromatic rings. The van der Waals surface area contributed by atoms with Gasteiger partial charge in [-0.3, -0.25) is 0 Å². The largest absolute Gasteiger partial charge is 0.127 e. The van der Waals surface area contributed by atoms with Gasteiger partial charge in [0.2, 0.25) is 0 Å². The number of rotatable bonds is 13. The van der Waals surface area contributed by atoms with Crippen molar-refractivity contribution >= 4 is 11.6 Å². The van der Waals surface area contributed by atoms with Crippen LogP contribution in [0.5, 0.6) is 0 Å². The summed E-state index contributed by atoms with van der Waals surface area (Å²) in [6.45, 7) is 2.16. The molecule has 0 aromatic carbocycles. The van der Waals surface area contributed by atoms with Crippen molar-refractivity contribution < 1.29 is 0 Å². The van der Waals surface area contributed by atoms with Gasteiger partial charge in [0.15, 0.2) is 0 Å². The molecule has 0 bridgehead atoms. The molecule has 0 aliphatic carbocycles. The van der Waals surface area contributed by atoms with Gasteiger partial charge in [-0.25, -0.2) is 0 Å². The molecule has 0 fully saturated rings. The molecule has 0 saturated heterocycles. The first-order valence-corrected chi connectivity index (χ1v) is 8.76. The Morgan fingerprint density at radius 3 is 1.43 bits per heavy atom. The Kier molecular flexibility index (Phi) is 18.1. The standard InChI is InChI=1S/C20H31Cl/c1-2-3-4-5-6-7-8-9-10-11-12-13-14-15-16-17-18-19-20-21/h3-4,6-7,9-10,12-13,15-16H,2,5,8,11,14,17-20H2,1H3. The van der Waals surface area contributed by atoms with E-state index in [1.165, 1.54) is 6.42 Å². The predicted molar refractivity (Wildman–Crippen MR) is 99.0 cm³/mol. The molecule has 0 rings (SSSR count). The Balaban J connectivity index is 3.41. The number of hydrogen-bond donors (Lipinski definition) is 0. The number of allylic oxidation sites excluding steroid dienone is 10. The molecule has 0 spiro atoms. The van der Waals surface area contributed by atoms with Crippen molar-refractivity contribution in [1.82, 2.24) is 0 Å². The minimum Gasteiger partial charge on any atom is -0.127 e. The second-order valence-electron chi connectivity index (χ2n) is 4.89. The monoisotopic (exact) mass is 306 g/mol. The number of unbranched alkanes of at least 4 members (excludes halogenated alkanes) is 2. The van der Waals surface area contributed by atoms with Crippen molar-refractivity contribution in [2.45, 2.75) is 58.3 Å². The minimum atomic E-state index is 0.782. The molecular weight excluding hydrogens is 276 g/mol. The minimum absolute atomic E-state index is 0.782. The summed E-state index contributed by atoms with van der Waals surface area (Å²) in [5.41, 5.74) is 0. The van der Waals surface area contributed by atoms with Gasteiger partial charge in [0, 0.05) is 5.88 Å².